The number of rotatable bonds is 6. The summed E-state index contributed by atoms with van der Waals surface area (Å²) >= 11 is 5.34. The summed E-state index contributed by atoms with van der Waals surface area (Å²) in [5, 5.41) is 9.10. The lowest BCUT2D eigenvalue weighted by Gasteiger charge is -2.08. The first-order valence-electron chi connectivity index (χ1n) is 6.83. The Morgan fingerprint density at radius 3 is 2.95 bits per heavy atom. The SMILES string of the molecule is CC(C)COCCCn1c(=S)[nH]c2c(C#N)cccc21. The fourth-order valence-electron chi connectivity index (χ4n) is 2.14. The zero-order valence-electron chi connectivity index (χ0n) is 11.8. The first-order valence-corrected chi connectivity index (χ1v) is 7.23. The molecule has 5 heteroatoms. The van der Waals surface area contributed by atoms with Crippen LogP contribution in [0.2, 0.25) is 0 Å². The zero-order chi connectivity index (χ0) is 14.5. The minimum atomic E-state index is 0.559. The van der Waals surface area contributed by atoms with Gasteiger partial charge in [0.2, 0.25) is 0 Å². The van der Waals surface area contributed by atoms with Gasteiger partial charge in [0.1, 0.15) is 6.07 Å². The van der Waals surface area contributed by atoms with Crippen molar-refractivity contribution in [3.8, 4) is 6.07 Å². The number of nitrogens with one attached hydrogen (secondary N) is 1. The molecule has 0 amide bonds. The molecule has 0 bridgehead atoms. The van der Waals surface area contributed by atoms with Gasteiger partial charge in [-0.05, 0) is 36.7 Å². The lowest BCUT2D eigenvalue weighted by molar-refractivity contribution is 0.105. The molecule has 0 saturated carbocycles. The maximum absolute atomic E-state index is 9.10. The number of H-pyrrole nitrogens is 1. The number of imidazole rings is 1. The number of hydrogen-bond donors (Lipinski definition) is 1. The van der Waals surface area contributed by atoms with Crippen molar-refractivity contribution in [2.75, 3.05) is 13.2 Å². The van der Waals surface area contributed by atoms with E-state index < -0.39 is 0 Å². The molecule has 20 heavy (non-hydrogen) atoms. The number of nitriles is 1. The maximum Gasteiger partial charge on any atom is 0.178 e. The predicted octanol–water partition coefficient (Wildman–Crippen LogP) is 3.63. The van der Waals surface area contributed by atoms with E-state index in [2.05, 4.69) is 24.9 Å². The number of para-hydroxylation sites is 1. The van der Waals surface area contributed by atoms with Crippen LogP contribution >= 0.6 is 12.2 Å². The van der Waals surface area contributed by atoms with Gasteiger partial charge in [0, 0.05) is 19.8 Å². The molecule has 1 aromatic heterocycles. The predicted molar refractivity (Wildman–Crippen MR) is 82.1 cm³/mol. The molecule has 0 aliphatic carbocycles. The van der Waals surface area contributed by atoms with Crippen molar-refractivity contribution in [3.05, 3.63) is 28.5 Å². The number of fused-ring (bicyclic) bond motifs is 1. The Labute approximate surface area is 124 Å². The van der Waals surface area contributed by atoms with Gasteiger partial charge in [0.25, 0.3) is 0 Å². The van der Waals surface area contributed by atoms with Gasteiger partial charge < -0.3 is 14.3 Å². The van der Waals surface area contributed by atoms with E-state index in [9.17, 15) is 0 Å². The van der Waals surface area contributed by atoms with Crippen molar-refractivity contribution < 1.29 is 4.74 Å². The second-order valence-electron chi connectivity index (χ2n) is 5.22. The van der Waals surface area contributed by atoms with E-state index in [0.717, 1.165) is 37.2 Å². The van der Waals surface area contributed by atoms with Crippen molar-refractivity contribution in [2.24, 2.45) is 5.92 Å². The second kappa shape index (κ2) is 6.69. The number of ether oxygens (including phenoxy) is 1. The molecule has 1 aromatic carbocycles. The second-order valence-corrected chi connectivity index (χ2v) is 5.60. The Morgan fingerprint density at radius 2 is 2.25 bits per heavy atom. The van der Waals surface area contributed by atoms with Crippen molar-refractivity contribution >= 4 is 23.3 Å². The molecule has 0 unspecified atom stereocenters. The monoisotopic (exact) mass is 289 g/mol. The van der Waals surface area contributed by atoms with Crippen molar-refractivity contribution in [3.63, 3.8) is 0 Å². The molecule has 0 fully saturated rings. The summed E-state index contributed by atoms with van der Waals surface area (Å²) in [7, 11) is 0. The van der Waals surface area contributed by atoms with E-state index in [1.165, 1.54) is 0 Å². The van der Waals surface area contributed by atoms with Crippen molar-refractivity contribution in [1.82, 2.24) is 9.55 Å². The quantitative estimate of drug-likeness (QED) is 0.652. The highest BCUT2D eigenvalue weighted by atomic mass is 32.1. The van der Waals surface area contributed by atoms with Gasteiger partial charge in [-0.3, -0.25) is 0 Å². The molecule has 0 atom stereocenters. The van der Waals surface area contributed by atoms with Crippen molar-refractivity contribution in [2.45, 2.75) is 26.8 Å². The molecule has 106 valence electrons. The van der Waals surface area contributed by atoms with Crippen LogP contribution in [0.3, 0.4) is 0 Å². The molecule has 0 aliphatic heterocycles. The first-order chi connectivity index (χ1) is 9.63. The van der Waals surface area contributed by atoms with Crippen LogP contribution in [0, 0.1) is 22.0 Å². The third kappa shape index (κ3) is 3.27. The molecule has 2 aromatic rings. The Kier molecular flexibility index (Phi) is 4.94. The third-order valence-electron chi connectivity index (χ3n) is 3.05. The number of aromatic nitrogens is 2. The molecule has 0 saturated heterocycles. The van der Waals surface area contributed by atoms with Gasteiger partial charge in [0.15, 0.2) is 4.77 Å². The first kappa shape index (κ1) is 14.8. The Hall–Kier alpha value is -1.64. The average Bonchev–Trinajstić information content (AvgIpc) is 2.74. The van der Waals surface area contributed by atoms with E-state index in [1.54, 1.807) is 6.07 Å². The highest BCUT2D eigenvalue weighted by Crippen LogP contribution is 2.18. The molecular weight excluding hydrogens is 270 g/mol. The van der Waals surface area contributed by atoms with Crippen LogP contribution in [0.1, 0.15) is 25.8 Å². The molecule has 4 nitrogen and oxygen atoms in total. The van der Waals surface area contributed by atoms with Crippen LogP contribution in [-0.2, 0) is 11.3 Å². The van der Waals surface area contributed by atoms with E-state index in [-0.39, 0.29) is 0 Å². The van der Waals surface area contributed by atoms with Gasteiger partial charge in [0.05, 0.1) is 16.6 Å². The molecule has 2 rings (SSSR count). The van der Waals surface area contributed by atoms with Crippen LogP contribution < -0.4 is 0 Å². The van der Waals surface area contributed by atoms with Crippen LogP contribution in [0.15, 0.2) is 18.2 Å². The Morgan fingerprint density at radius 1 is 1.45 bits per heavy atom. The minimum absolute atomic E-state index is 0.559. The molecular formula is C15H19N3OS. The van der Waals surface area contributed by atoms with E-state index in [0.29, 0.717) is 16.3 Å². The number of aryl methyl sites for hydroxylation is 1. The lowest BCUT2D eigenvalue weighted by Crippen LogP contribution is -2.06. The summed E-state index contributed by atoms with van der Waals surface area (Å²) in [5.74, 6) is 0.559. The fraction of sp³-hybridized carbons (Fsp3) is 0.467. The summed E-state index contributed by atoms with van der Waals surface area (Å²) in [6, 6.07) is 7.85. The van der Waals surface area contributed by atoms with E-state index in [4.69, 9.17) is 22.2 Å². The lowest BCUT2D eigenvalue weighted by atomic mass is 10.2. The van der Waals surface area contributed by atoms with E-state index in [1.807, 2.05) is 16.7 Å². The smallest absolute Gasteiger partial charge is 0.178 e. The molecule has 0 aliphatic rings. The highest BCUT2D eigenvalue weighted by molar-refractivity contribution is 7.71. The highest BCUT2D eigenvalue weighted by Gasteiger charge is 2.07. The van der Waals surface area contributed by atoms with Crippen LogP contribution in [-0.4, -0.2) is 22.8 Å². The summed E-state index contributed by atoms with van der Waals surface area (Å²) in [6.07, 6.45) is 0.908. The van der Waals surface area contributed by atoms with Gasteiger partial charge in [-0.1, -0.05) is 19.9 Å². The molecule has 1 N–H and O–H groups in total. The molecule has 0 spiro atoms. The van der Waals surface area contributed by atoms with Gasteiger partial charge >= 0.3 is 0 Å². The zero-order valence-corrected chi connectivity index (χ0v) is 12.7. The number of aromatic amines is 1. The standard InChI is InChI=1S/C15H19N3OS/c1-11(2)10-19-8-4-7-18-13-6-3-5-12(9-16)14(13)17-15(18)20/h3,5-6,11H,4,7-8,10H2,1-2H3,(H,17,20). The Bertz CT molecular complexity index is 678. The average molecular weight is 289 g/mol. The summed E-state index contributed by atoms with van der Waals surface area (Å²) in [5.41, 5.74) is 2.43. The van der Waals surface area contributed by atoms with Gasteiger partial charge in [-0.15, -0.1) is 0 Å². The minimum Gasteiger partial charge on any atom is -0.381 e. The number of benzene rings is 1. The van der Waals surface area contributed by atoms with Crippen LogP contribution in [0.25, 0.3) is 11.0 Å². The molecule has 0 radical (unpaired) electrons. The summed E-state index contributed by atoms with van der Waals surface area (Å²) in [4.78, 5) is 3.12. The molecule has 1 heterocycles. The van der Waals surface area contributed by atoms with Crippen molar-refractivity contribution in [1.29, 1.82) is 5.26 Å². The summed E-state index contributed by atoms with van der Waals surface area (Å²) in [6.45, 7) is 6.59. The fourth-order valence-corrected chi connectivity index (χ4v) is 2.43. The van der Waals surface area contributed by atoms with Crippen LogP contribution in [0.4, 0.5) is 0 Å². The van der Waals surface area contributed by atoms with Gasteiger partial charge in [-0.2, -0.15) is 5.26 Å². The summed E-state index contributed by atoms with van der Waals surface area (Å²) < 4.78 is 8.27. The third-order valence-corrected chi connectivity index (χ3v) is 3.37. The maximum atomic E-state index is 9.10. The topological polar surface area (TPSA) is 53.7 Å². The van der Waals surface area contributed by atoms with Gasteiger partial charge in [-0.25, -0.2) is 0 Å². The largest absolute Gasteiger partial charge is 0.381 e. The normalized spacial score (nSPS) is 11.1. The Balaban J connectivity index is 2.09. The van der Waals surface area contributed by atoms with E-state index >= 15 is 0 Å². The number of hydrogen-bond acceptors (Lipinski definition) is 3. The number of nitrogens with zero attached hydrogens (tertiary/aromatic N) is 2. The van der Waals surface area contributed by atoms with Crippen LogP contribution in [0.5, 0.6) is 0 Å².